The molecular formula is C14H12ClFN2O2. The zero-order chi connectivity index (χ0) is 14.7. The van der Waals surface area contributed by atoms with Crippen molar-refractivity contribution >= 4 is 34.6 Å². The number of methoxy groups -OCH3 is 1. The highest BCUT2D eigenvalue weighted by atomic mass is 35.5. The van der Waals surface area contributed by atoms with Gasteiger partial charge in [0.1, 0.15) is 5.82 Å². The van der Waals surface area contributed by atoms with Crippen LogP contribution in [0.15, 0.2) is 36.4 Å². The van der Waals surface area contributed by atoms with Crippen LogP contribution in [-0.2, 0) is 4.74 Å². The molecule has 0 unspecified atom stereocenters. The maximum absolute atomic E-state index is 13.3. The summed E-state index contributed by atoms with van der Waals surface area (Å²) < 4.78 is 17.9. The number of nitrogen functional groups attached to an aromatic ring is 1. The van der Waals surface area contributed by atoms with E-state index in [2.05, 4.69) is 10.1 Å². The van der Waals surface area contributed by atoms with E-state index >= 15 is 0 Å². The zero-order valence-electron chi connectivity index (χ0n) is 10.6. The van der Waals surface area contributed by atoms with Gasteiger partial charge >= 0.3 is 5.97 Å². The summed E-state index contributed by atoms with van der Waals surface area (Å²) in [6.45, 7) is 0. The number of para-hydroxylation sites is 1. The first-order chi connectivity index (χ1) is 9.52. The molecule has 6 heteroatoms. The van der Waals surface area contributed by atoms with Gasteiger partial charge in [0, 0.05) is 0 Å². The highest BCUT2D eigenvalue weighted by molar-refractivity contribution is 6.33. The highest BCUT2D eigenvalue weighted by Gasteiger charge is 2.15. The SMILES string of the molecule is COC(=O)c1cccc(N)c1Nc1cc(F)ccc1Cl. The molecule has 0 radical (unpaired) electrons. The number of halogens is 2. The van der Waals surface area contributed by atoms with Crippen LogP contribution in [0.4, 0.5) is 21.5 Å². The third kappa shape index (κ3) is 2.83. The summed E-state index contributed by atoms with van der Waals surface area (Å²) in [5, 5.41) is 3.18. The molecule has 3 N–H and O–H groups in total. The predicted molar refractivity (Wildman–Crippen MR) is 76.9 cm³/mol. The topological polar surface area (TPSA) is 64.3 Å². The number of nitrogens with one attached hydrogen (secondary N) is 1. The van der Waals surface area contributed by atoms with Crippen molar-refractivity contribution in [1.29, 1.82) is 0 Å². The second-order valence-electron chi connectivity index (χ2n) is 4.01. The Hall–Kier alpha value is -2.27. The quantitative estimate of drug-likeness (QED) is 0.671. The van der Waals surface area contributed by atoms with Crippen molar-refractivity contribution in [3.63, 3.8) is 0 Å². The van der Waals surface area contributed by atoms with E-state index < -0.39 is 11.8 Å². The molecule has 0 aliphatic rings. The molecule has 0 amide bonds. The van der Waals surface area contributed by atoms with E-state index in [0.717, 1.165) is 0 Å². The number of esters is 1. The lowest BCUT2D eigenvalue weighted by Gasteiger charge is -2.14. The fourth-order valence-corrected chi connectivity index (χ4v) is 1.88. The Morgan fingerprint density at radius 1 is 1.35 bits per heavy atom. The summed E-state index contributed by atoms with van der Waals surface area (Å²) in [6.07, 6.45) is 0. The van der Waals surface area contributed by atoms with Gasteiger partial charge in [0.15, 0.2) is 0 Å². The summed E-state index contributed by atoms with van der Waals surface area (Å²) in [5.41, 5.74) is 7.05. The van der Waals surface area contributed by atoms with E-state index in [0.29, 0.717) is 22.1 Å². The Labute approximate surface area is 120 Å². The first kappa shape index (κ1) is 14.1. The minimum absolute atomic E-state index is 0.243. The molecule has 2 rings (SSSR count). The van der Waals surface area contributed by atoms with Crippen molar-refractivity contribution in [2.45, 2.75) is 0 Å². The minimum Gasteiger partial charge on any atom is -0.465 e. The molecule has 20 heavy (non-hydrogen) atoms. The zero-order valence-corrected chi connectivity index (χ0v) is 11.4. The number of ether oxygens (including phenoxy) is 1. The molecule has 0 bridgehead atoms. The summed E-state index contributed by atoms with van der Waals surface area (Å²) >= 11 is 5.98. The number of hydrogen-bond acceptors (Lipinski definition) is 4. The summed E-state index contributed by atoms with van der Waals surface area (Å²) in [5.74, 6) is -1.00. The van der Waals surface area contributed by atoms with Crippen LogP contribution in [0.3, 0.4) is 0 Å². The lowest BCUT2D eigenvalue weighted by Crippen LogP contribution is -2.08. The van der Waals surface area contributed by atoms with Crippen molar-refractivity contribution in [3.8, 4) is 0 Å². The van der Waals surface area contributed by atoms with Gasteiger partial charge in [-0.2, -0.15) is 0 Å². The van der Waals surface area contributed by atoms with Crippen molar-refractivity contribution in [2.24, 2.45) is 0 Å². The second-order valence-corrected chi connectivity index (χ2v) is 4.42. The van der Waals surface area contributed by atoms with Crippen LogP contribution in [0.25, 0.3) is 0 Å². The van der Waals surface area contributed by atoms with E-state index in [9.17, 15) is 9.18 Å². The van der Waals surface area contributed by atoms with Crippen molar-refractivity contribution in [2.75, 3.05) is 18.2 Å². The molecule has 104 valence electrons. The van der Waals surface area contributed by atoms with Gasteiger partial charge in [-0.05, 0) is 30.3 Å². The molecule has 0 spiro atoms. The number of nitrogens with two attached hydrogens (primary N) is 1. The maximum atomic E-state index is 13.3. The van der Waals surface area contributed by atoms with Crippen LogP contribution in [0.2, 0.25) is 5.02 Å². The standard InChI is InChI=1S/C14H12ClFN2O2/c1-20-14(19)9-3-2-4-11(17)13(9)18-12-7-8(16)5-6-10(12)15/h2-7,18H,17H2,1H3. The molecule has 0 aliphatic heterocycles. The average molecular weight is 295 g/mol. The van der Waals surface area contributed by atoms with Crippen LogP contribution in [0, 0.1) is 5.82 Å². The summed E-state index contributed by atoms with van der Waals surface area (Å²) in [7, 11) is 1.27. The molecule has 2 aromatic carbocycles. The fraction of sp³-hybridized carbons (Fsp3) is 0.0714. The van der Waals surface area contributed by atoms with E-state index in [4.69, 9.17) is 17.3 Å². The molecule has 2 aromatic rings. The molecular weight excluding hydrogens is 283 g/mol. The highest BCUT2D eigenvalue weighted by Crippen LogP contribution is 2.31. The van der Waals surface area contributed by atoms with Gasteiger partial charge in [0.2, 0.25) is 0 Å². The Bertz CT molecular complexity index is 662. The third-order valence-corrected chi connectivity index (χ3v) is 3.02. The lowest BCUT2D eigenvalue weighted by molar-refractivity contribution is 0.0602. The maximum Gasteiger partial charge on any atom is 0.340 e. The van der Waals surface area contributed by atoms with Gasteiger partial charge in [0.25, 0.3) is 0 Å². The Morgan fingerprint density at radius 2 is 2.10 bits per heavy atom. The Kier molecular flexibility index (Phi) is 4.10. The van der Waals surface area contributed by atoms with E-state index in [1.165, 1.54) is 25.3 Å². The summed E-state index contributed by atoms with van der Waals surface area (Å²) in [4.78, 5) is 11.7. The van der Waals surface area contributed by atoms with Crippen molar-refractivity contribution in [3.05, 3.63) is 52.8 Å². The number of benzene rings is 2. The largest absolute Gasteiger partial charge is 0.465 e. The first-order valence-electron chi connectivity index (χ1n) is 5.72. The number of anilines is 3. The van der Waals surface area contributed by atoms with Gasteiger partial charge in [0.05, 0.1) is 34.8 Å². The average Bonchev–Trinajstić information content (AvgIpc) is 2.44. The van der Waals surface area contributed by atoms with Crippen molar-refractivity contribution in [1.82, 2.24) is 0 Å². The molecule has 0 aromatic heterocycles. The van der Waals surface area contributed by atoms with Crippen LogP contribution >= 0.6 is 11.6 Å². The van der Waals surface area contributed by atoms with E-state index in [-0.39, 0.29) is 5.56 Å². The summed E-state index contributed by atoms with van der Waals surface area (Å²) in [6, 6.07) is 8.66. The number of rotatable bonds is 3. The number of carbonyl (C=O) groups excluding carboxylic acids is 1. The van der Waals surface area contributed by atoms with E-state index in [1.54, 1.807) is 18.2 Å². The molecule has 4 nitrogen and oxygen atoms in total. The molecule has 0 aliphatic carbocycles. The molecule has 0 heterocycles. The fourth-order valence-electron chi connectivity index (χ4n) is 1.72. The minimum atomic E-state index is -0.549. The molecule has 0 atom stereocenters. The van der Waals surface area contributed by atoms with Crippen LogP contribution < -0.4 is 11.1 Å². The predicted octanol–water partition coefficient (Wildman–Crippen LogP) is 3.59. The van der Waals surface area contributed by atoms with Gasteiger partial charge < -0.3 is 15.8 Å². The Morgan fingerprint density at radius 3 is 2.80 bits per heavy atom. The Balaban J connectivity index is 2.47. The van der Waals surface area contributed by atoms with Gasteiger partial charge in [-0.25, -0.2) is 9.18 Å². The van der Waals surface area contributed by atoms with Crippen LogP contribution in [-0.4, -0.2) is 13.1 Å². The molecule has 0 fully saturated rings. The normalized spacial score (nSPS) is 10.2. The smallest absolute Gasteiger partial charge is 0.340 e. The third-order valence-electron chi connectivity index (χ3n) is 2.69. The van der Waals surface area contributed by atoms with Crippen LogP contribution in [0.5, 0.6) is 0 Å². The molecule has 0 saturated heterocycles. The number of carbonyl (C=O) groups is 1. The number of hydrogen-bond donors (Lipinski definition) is 2. The second kappa shape index (κ2) is 5.79. The van der Waals surface area contributed by atoms with E-state index in [1.807, 2.05) is 0 Å². The first-order valence-corrected chi connectivity index (χ1v) is 6.09. The lowest BCUT2D eigenvalue weighted by atomic mass is 10.1. The van der Waals surface area contributed by atoms with Gasteiger partial charge in [-0.3, -0.25) is 0 Å². The van der Waals surface area contributed by atoms with Crippen molar-refractivity contribution < 1.29 is 13.9 Å². The van der Waals surface area contributed by atoms with Crippen LogP contribution in [0.1, 0.15) is 10.4 Å². The van der Waals surface area contributed by atoms with Gasteiger partial charge in [-0.1, -0.05) is 17.7 Å². The van der Waals surface area contributed by atoms with Gasteiger partial charge in [-0.15, -0.1) is 0 Å². The molecule has 0 saturated carbocycles. The monoisotopic (exact) mass is 294 g/mol.